The molecule has 2 aromatic carbocycles. The minimum atomic E-state index is -0.707. The number of halogens is 1. The zero-order chi connectivity index (χ0) is 18.4. The zero-order valence-electron chi connectivity index (χ0n) is 13.0. The second-order valence-corrected chi connectivity index (χ2v) is 5.60. The monoisotopic (exact) mass is 408 g/mol. The number of nitro groups is 1. The van der Waals surface area contributed by atoms with E-state index in [0.717, 1.165) is 0 Å². The number of carbonyl (C=O) groups is 2. The van der Waals surface area contributed by atoms with E-state index < -0.39 is 23.4 Å². The first-order chi connectivity index (χ1) is 11.9. The van der Waals surface area contributed by atoms with Gasteiger partial charge in [-0.15, -0.1) is 0 Å². The Hall–Kier alpha value is -2.94. The third-order valence-electron chi connectivity index (χ3n) is 3.10. The number of benzene rings is 2. The van der Waals surface area contributed by atoms with Gasteiger partial charge in [0.05, 0.1) is 22.1 Å². The molecule has 0 radical (unpaired) electrons. The van der Waals surface area contributed by atoms with Crippen LogP contribution in [-0.2, 0) is 9.53 Å². The largest absolute Gasteiger partial charge is 0.496 e. The Morgan fingerprint density at radius 1 is 1.24 bits per heavy atom. The van der Waals surface area contributed by atoms with Crippen molar-refractivity contribution < 1.29 is 24.0 Å². The van der Waals surface area contributed by atoms with Crippen LogP contribution in [0.5, 0.6) is 5.75 Å². The molecule has 130 valence electrons. The van der Waals surface area contributed by atoms with E-state index in [4.69, 9.17) is 9.47 Å². The lowest BCUT2D eigenvalue weighted by atomic mass is 10.2. The minimum absolute atomic E-state index is 0.0285. The molecule has 25 heavy (non-hydrogen) atoms. The van der Waals surface area contributed by atoms with Gasteiger partial charge in [0, 0.05) is 6.07 Å². The van der Waals surface area contributed by atoms with Crippen LogP contribution in [0.1, 0.15) is 10.4 Å². The van der Waals surface area contributed by atoms with E-state index in [1.807, 2.05) is 0 Å². The van der Waals surface area contributed by atoms with Crippen molar-refractivity contribution in [2.24, 2.45) is 0 Å². The van der Waals surface area contributed by atoms with Gasteiger partial charge in [0.15, 0.2) is 6.61 Å². The number of para-hydroxylation sites is 2. The Morgan fingerprint density at radius 2 is 1.96 bits per heavy atom. The van der Waals surface area contributed by atoms with Crippen LogP contribution in [0.4, 0.5) is 11.4 Å². The van der Waals surface area contributed by atoms with E-state index in [0.29, 0.717) is 10.2 Å². The van der Waals surface area contributed by atoms with E-state index in [9.17, 15) is 19.7 Å². The lowest BCUT2D eigenvalue weighted by Gasteiger charge is -2.08. The fourth-order valence-electron chi connectivity index (χ4n) is 1.93. The highest BCUT2D eigenvalue weighted by molar-refractivity contribution is 9.10. The number of methoxy groups -OCH3 is 1. The van der Waals surface area contributed by atoms with Crippen molar-refractivity contribution in [3.63, 3.8) is 0 Å². The van der Waals surface area contributed by atoms with Gasteiger partial charge in [-0.25, -0.2) is 4.79 Å². The van der Waals surface area contributed by atoms with Crippen molar-refractivity contribution in [3.8, 4) is 5.75 Å². The van der Waals surface area contributed by atoms with Crippen molar-refractivity contribution in [3.05, 3.63) is 62.6 Å². The fraction of sp³-hybridized carbons (Fsp3) is 0.125. The normalized spacial score (nSPS) is 10.0. The van der Waals surface area contributed by atoms with Crippen molar-refractivity contribution in [1.82, 2.24) is 0 Å². The maximum Gasteiger partial charge on any atom is 0.338 e. The van der Waals surface area contributed by atoms with Crippen LogP contribution in [0.15, 0.2) is 46.9 Å². The van der Waals surface area contributed by atoms with Crippen LogP contribution in [0.2, 0.25) is 0 Å². The topological polar surface area (TPSA) is 108 Å². The molecule has 1 N–H and O–H groups in total. The molecule has 0 fully saturated rings. The molecule has 2 aromatic rings. The molecular formula is C16H13BrN2O6. The molecule has 0 bridgehead atoms. The van der Waals surface area contributed by atoms with Gasteiger partial charge in [-0.05, 0) is 40.2 Å². The maximum absolute atomic E-state index is 12.0. The average Bonchev–Trinajstić information content (AvgIpc) is 2.59. The third-order valence-corrected chi connectivity index (χ3v) is 3.72. The zero-order valence-corrected chi connectivity index (χ0v) is 14.6. The number of rotatable bonds is 6. The molecule has 0 aromatic heterocycles. The van der Waals surface area contributed by atoms with Gasteiger partial charge < -0.3 is 14.8 Å². The summed E-state index contributed by atoms with van der Waals surface area (Å²) < 4.78 is 10.5. The summed E-state index contributed by atoms with van der Waals surface area (Å²) in [6.45, 7) is -0.575. The molecule has 0 aliphatic rings. The van der Waals surface area contributed by atoms with Crippen molar-refractivity contribution in [2.75, 3.05) is 19.0 Å². The van der Waals surface area contributed by atoms with Gasteiger partial charge in [0.2, 0.25) is 0 Å². The first kappa shape index (κ1) is 18.4. The number of anilines is 1. The summed E-state index contributed by atoms with van der Waals surface area (Å²) in [4.78, 5) is 34.1. The van der Waals surface area contributed by atoms with Crippen LogP contribution in [0.25, 0.3) is 0 Å². The number of ether oxygens (including phenoxy) is 2. The highest BCUT2D eigenvalue weighted by Gasteiger charge is 2.16. The van der Waals surface area contributed by atoms with E-state index >= 15 is 0 Å². The fourth-order valence-corrected chi connectivity index (χ4v) is 2.47. The molecule has 1 amide bonds. The number of nitrogens with zero attached hydrogens (tertiary/aromatic N) is 1. The number of amides is 1. The van der Waals surface area contributed by atoms with Crippen LogP contribution < -0.4 is 10.1 Å². The van der Waals surface area contributed by atoms with Crippen LogP contribution in [0, 0.1) is 10.1 Å². The summed E-state index contributed by atoms with van der Waals surface area (Å²) in [7, 11) is 1.49. The van der Waals surface area contributed by atoms with Gasteiger partial charge in [0.25, 0.3) is 11.6 Å². The lowest BCUT2D eigenvalue weighted by molar-refractivity contribution is -0.383. The van der Waals surface area contributed by atoms with E-state index in [1.165, 1.54) is 37.4 Å². The first-order valence-corrected chi connectivity index (χ1v) is 7.75. The Morgan fingerprint density at radius 3 is 2.60 bits per heavy atom. The molecule has 0 spiro atoms. The standard InChI is InChI=1S/C16H13BrN2O6/c1-24-14-7-6-10(8-11(14)17)16(21)25-9-15(20)18-12-4-2-3-5-13(12)19(22)23/h2-8H,9H2,1H3,(H,18,20). The Balaban J connectivity index is 1.97. The molecule has 0 heterocycles. The molecule has 0 saturated heterocycles. The summed E-state index contributed by atoms with van der Waals surface area (Å²) in [6, 6.07) is 10.2. The minimum Gasteiger partial charge on any atom is -0.496 e. The summed E-state index contributed by atoms with van der Waals surface area (Å²) in [5.41, 5.74) is 0.00756. The second kappa shape index (κ2) is 8.25. The SMILES string of the molecule is COc1ccc(C(=O)OCC(=O)Nc2ccccc2[N+](=O)[O-])cc1Br. The second-order valence-electron chi connectivity index (χ2n) is 4.75. The molecule has 0 unspecified atom stereocenters. The average molecular weight is 409 g/mol. The number of nitro benzene ring substituents is 1. The van der Waals surface area contributed by atoms with E-state index in [1.54, 1.807) is 12.1 Å². The summed E-state index contributed by atoms with van der Waals surface area (Å²) in [5.74, 6) is -0.845. The summed E-state index contributed by atoms with van der Waals surface area (Å²) in [5, 5.41) is 13.2. The van der Waals surface area contributed by atoms with Crippen molar-refractivity contribution in [1.29, 1.82) is 0 Å². The number of hydrogen-bond acceptors (Lipinski definition) is 6. The molecule has 8 nitrogen and oxygen atoms in total. The molecule has 0 saturated carbocycles. The Kier molecular flexibility index (Phi) is 6.07. The predicted molar refractivity (Wildman–Crippen MR) is 92.7 cm³/mol. The molecular weight excluding hydrogens is 396 g/mol. The van der Waals surface area contributed by atoms with E-state index in [-0.39, 0.29) is 16.9 Å². The van der Waals surface area contributed by atoms with Crippen LogP contribution in [0.3, 0.4) is 0 Å². The smallest absolute Gasteiger partial charge is 0.338 e. The van der Waals surface area contributed by atoms with Crippen molar-refractivity contribution >= 4 is 39.2 Å². The summed E-state index contributed by atoms with van der Waals surface area (Å²) >= 11 is 3.25. The number of esters is 1. The molecule has 0 aliphatic carbocycles. The lowest BCUT2D eigenvalue weighted by Crippen LogP contribution is -2.21. The van der Waals surface area contributed by atoms with Gasteiger partial charge in [-0.3, -0.25) is 14.9 Å². The maximum atomic E-state index is 12.0. The Labute approximate surface area is 151 Å². The van der Waals surface area contributed by atoms with Crippen LogP contribution in [-0.4, -0.2) is 30.5 Å². The first-order valence-electron chi connectivity index (χ1n) is 6.96. The van der Waals surface area contributed by atoms with Gasteiger partial charge >= 0.3 is 5.97 Å². The van der Waals surface area contributed by atoms with Crippen molar-refractivity contribution in [2.45, 2.75) is 0 Å². The molecule has 0 atom stereocenters. The quantitative estimate of drug-likeness (QED) is 0.446. The van der Waals surface area contributed by atoms with Gasteiger partial charge in [-0.1, -0.05) is 12.1 Å². The Bertz CT molecular complexity index is 824. The highest BCUT2D eigenvalue weighted by atomic mass is 79.9. The van der Waals surface area contributed by atoms with Gasteiger partial charge in [0.1, 0.15) is 11.4 Å². The van der Waals surface area contributed by atoms with Gasteiger partial charge in [-0.2, -0.15) is 0 Å². The number of carbonyl (C=O) groups excluding carboxylic acids is 2. The molecule has 2 rings (SSSR count). The highest BCUT2D eigenvalue weighted by Crippen LogP contribution is 2.26. The molecule has 9 heteroatoms. The van der Waals surface area contributed by atoms with Crippen LogP contribution >= 0.6 is 15.9 Å². The number of nitrogens with one attached hydrogen (secondary N) is 1. The predicted octanol–water partition coefficient (Wildman–Crippen LogP) is 3.16. The number of hydrogen-bond donors (Lipinski definition) is 1. The third kappa shape index (κ3) is 4.77. The summed E-state index contributed by atoms with van der Waals surface area (Å²) in [6.07, 6.45) is 0. The van der Waals surface area contributed by atoms with E-state index in [2.05, 4.69) is 21.2 Å². The molecule has 0 aliphatic heterocycles.